The van der Waals surface area contributed by atoms with Gasteiger partial charge in [0.1, 0.15) is 11.0 Å². The summed E-state index contributed by atoms with van der Waals surface area (Å²) >= 11 is 5.53. The van der Waals surface area contributed by atoms with Crippen LogP contribution in [0.4, 0.5) is 0 Å². The highest BCUT2D eigenvalue weighted by Gasteiger charge is 2.03. The molecule has 0 atom stereocenters. The fraction of sp³-hybridized carbons (Fsp3) is 0.333. The van der Waals surface area contributed by atoms with Gasteiger partial charge in [-0.15, -0.1) is 0 Å². The predicted octanol–water partition coefficient (Wildman–Crippen LogP) is 1.51. The Balaban J connectivity index is 3.15. The fourth-order valence-electron chi connectivity index (χ4n) is 0.756. The minimum absolute atomic E-state index is 0.0723. The Bertz CT molecular complexity index is 267. The minimum atomic E-state index is -0.0723. The lowest BCUT2D eigenvalue weighted by Crippen LogP contribution is -2.05. The van der Waals surface area contributed by atoms with Gasteiger partial charge in [0.25, 0.3) is 0 Å². The van der Waals surface area contributed by atoms with Gasteiger partial charge in [-0.3, -0.25) is 9.36 Å². The topological polar surface area (TPSA) is 34.9 Å². The molecule has 1 heterocycles. The quantitative estimate of drug-likeness (QED) is 0.574. The van der Waals surface area contributed by atoms with E-state index < -0.39 is 0 Å². The molecule has 0 saturated heterocycles. The molecule has 0 fully saturated rings. The van der Waals surface area contributed by atoms with Crippen LogP contribution >= 0.6 is 11.6 Å². The van der Waals surface area contributed by atoms with Crippen molar-refractivity contribution in [3.8, 4) is 0 Å². The van der Waals surface area contributed by atoms with Crippen molar-refractivity contribution >= 4 is 17.5 Å². The Labute approximate surface area is 63.6 Å². The van der Waals surface area contributed by atoms with Crippen LogP contribution in [-0.2, 0) is 0 Å². The van der Waals surface area contributed by atoms with Crippen molar-refractivity contribution in [1.82, 2.24) is 9.55 Å². The smallest absolute Gasteiger partial charge is 0.228 e. The number of hydrogen-bond donors (Lipinski definition) is 0. The van der Waals surface area contributed by atoms with E-state index in [1.807, 2.05) is 0 Å². The molecule has 0 aromatic carbocycles. The second-order valence-corrected chi connectivity index (χ2v) is 2.39. The van der Waals surface area contributed by atoms with Crippen molar-refractivity contribution < 1.29 is 4.79 Å². The van der Waals surface area contributed by atoms with Crippen molar-refractivity contribution in [1.29, 1.82) is 0 Å². The fourth-order valence-corrected chi connectivity index (χ4v) is 0.976. The first-order valence-electron chi connectivity index (χ1n) is 2.83. The Morgan fingerprint density at radius 2 is 2.40 bits per heavy atom. The van der Waals surface area contributed by atoms with Gasteiger partial charge in [0.15, 0.2) is 0 Å². The lowest BCUT2D eigenvalue weighted by molar-refractivity contribution is 0.0934. The molecular weight excluding hydrogens is 152 g/mol. The number of aryl methyl sites for hydroxylation is 1. The SMILES string of the molecule is CC(=O)n1cc(Cl)nc1C. The van der Waals surface area contributed by atoms with Crippen LogP contribution in [0, 0.1) is 6.92 Å². The largest absolute Gasteiger partial charge is 0.274 e. The molecule has 1 aromatic heterocycles. The predicted molar refractivity (Wildman–Crippen MR) is 38.3 cm³/mol. The van der Waals surface area contributed by atoms with Gasteiger partial charge in [-0.2, -0.15) is 0 Å². The number of rotatable bonds is 0. The first-order chi connectivity index (χ1) is 4.61. The van der Waals surface area contributed by atoms with E-state index in [0.717, 1.165) is 0 Å². The first kappa shape index (κ1) is 7.28. The van der Waals surface area contributed by atoms with Crippen molar-refractivity contribution in [2.75, 3.05) is 0 Å². The maximum Gasteiger partial charge on any atom is 0.228 e. The third-order valence-corrected chi connectivity index (χ3v) is 1.37. The summed E-state index contributed by atoms with van der Waals surface area (Å²) < 4.78 is 1.41. The van der Waals surface area contributed by atoms with Gasteiger partial charge < -0.3 is 0 Å². The third kappa shape index (κ3) is 1.19. The highest BCUT2D eigenvalue weighted by molar-refractivity contribution is 6.29. The molecule has 0 radical (unpaired) electrons. The van der Waals surface area contributed by atoms with Crippen LogP contribution in [0.2, 0.25) is 5.15 Å². The third-order valence-electron chi connectivity index (χ3n) is 1.19. The molecule has 0 bridgehead atoms. The summed E-state index contributed by atoms with van der Waals surface area (Å²) in [4.78, 5) is 14.6. The van der Waals surface area contributed by atoms with E-state index in [1.165, 1.54) is 17.7 Å². The Morgan fingerprint density at radius 3 is 2.60 bits per heavy atom. The zero-order chi connectivity index (χ0) is 7.72. The van der Waals surface area contributed by atoms with Gasteiger partial charge in [-0.1, -0.05) is 11.6 Å². The van der Waals surface area contributed by atoms with Gasteiger partial charge in [-0.05, 0) is 6.92 Å². The average molecular weight is 159 g/mol. The van der Waals surface area contributed by atoms with Crippen LogP contribution in [0.3, 0.4) is 0 Å². The van der Waals surface area contributed by atoms with Crippen LogP contribution in [0.25, 0.3) is 0 Å². The average Bonchev–Trinajstić information content (AvgIpc) is 2.10. The maximum absolute atomic E-state index is 10.7. The number of imidazole rings is 1. The number of carbonyl (C=O) groups is 1. The molecule has 0 unspecified atom stereocenters. The Kier molecular flexibility index (Phi) is 1.76. The summed E-state index contributed by atoms with van der Waals surface area (Å²) in [5.41, 5.74) is 0. The molecule has 0 aliphatic rings. The molecule has 4 heteroatoms. The van der Waals surface area contributed by atoms with Gasteiger partial charge in [0, 0.05) is 6.92 Å². The molecule has 0 spiro atoms. The lowest BCUT2D eigenvalue weighted by Gasteiger charge is -1.93. The second kappa shape index (κ2) is 2.42. The normalized spacial score (nSPS) is 9.90. The molecule has 0 aliphatic heterocycles. The Hall–Kier alpha value is -0.830. The number of aromatic nitrogens is 2. The number of halogens is 1. The van der Waals surface area contributed by atoms with Crippen LogP contribution in [0.5, 0.6) is 0 Å². The van der Waals surface area contributed by atoms with E-state index in [9.17, 15) is 4.79 Å². The Morgan fingerprint density at radius 1 is 1.80 bits per heavy atom. The molecule has 0 amide bonds. The monoisotopic (exact) mass is 158 g/mol. The van der Waals surface area contributed by atoms with Crippen molar-refractivity contribution in [2.45, 2.75) is 13.8 Å². The van der Waals surface area contributed by atoms with Crippen molar-refractivity contribution in [3.05, 3.63) is 17.2 Å². The van der Waals surface area contributed by atoms with Gasteiger partial charge in [-0.25, -0.2) is 4.98 Å². The molecule has 1 rings (SSSR count). The zero-order valence-corrected chi connectivity index (χ0v) is 6.51. The van der Waals surface area contributed by atoms with Gasteiger partial charge in [0.2, 0.25) is 5.91 Å². The van der Waals surface area contributed by atoms with Crippen LogP contribution in [-0.4, -0.2) is 15.5 Å². The summed E-state index contributed by atoms with van der Waals surface area (Å²) in [6.45, 7) is 3.19. The molecule has 0 N–H and O–H groups in total. The molecule has 0 saturated carbocycles. The van der Waals surface area contributed by atoms with Crippen LogP contribution in [0.15, 0.2) is 6.20 Å². The number of hydrogen-bond acceptors (Lipinski definition) is 2. The maximum atomic E-state index is 10.7. The summed E-state index contributed by atoms with van der Waals surface area (Å²) in [5, 5.41) is 0.354. The number of carbonyl (C=O) groups excluding carboxylic acids is 1. The van der Waals surface area contributed by atoms with E-state index in [4.69, 9.17) is 11.6 Å². The van der Waals surface area contributed by atoms with E-state index in [1.54, 1.807) is 6.92 Å². The highest BCUT2D eigenvalue weighted by atomic mass is 35.5. The molecule has 1 aromatic rings. The summed E-state index contributed by atoms with van der Waals surface area (Å²) in [7, 11) is 0. The van der Waals surface area contributed by atoms with Crippen LogP contribution < -0.4 is 0 Å². The molecular formula is C6H7ClN2O. The van der Waals surface area contributed by atoms with E-state index in [2.05, 4.69) is 4.98 Å². The molecule has 54 valence electrons. The standard InChI is InChI=1S/C6H7ClN2O/c1-4-8-6(7)3-9(4)5(2)10/h3H,1-2H3. The first-order valence-corrected chi connectivity index (χ1v) is 3.21. The zero-order valence-electron chi connectivity index (χ0n) is 5.76. The summed E-state index contributed by atoms with van der Waals surface area (Å²) in [6, 6.07) is 0. The van der Waals surface area contributed by atoms with Gasteiger partial charge >= 0.3 is 0 Å². The van der Waals surface area contributed by atoms with E-state index >= 15 is 0 Å². The summed E-state index contributed by atoms with van der Waals surface area (Å²) in [6.07, 6.45) is 1.50. The molecule has 10 heavy (non-hydrogen) atoms. The lowest BCUT2D eigenvalue weighted by atomic mass is 10.6. The van der Waals surface area contributed by atoms with Gasteiger partial charge in [0.05, 0.1) is 6.20 Å². The van der Waals surface area contributed by atoms with E-state index in [0.29, 0.717) is 11.0 Å². The summed E-state index contributed by atoms with van der Waals surface area (Å²) in [5.74, 6) is 0.550. The molecule has 3 nitrogen and oxygen atoms in total. The second-order valence-electron chi connectivity index (χ2n) is 2.00. The van der Waals surface area contributed by atoms with Crippen LogP contribution in [0.1, 0.15) is 17.5 Å². The molecule has 0 aliphatic carbocycles. The van der Waals surface area contributed by atoms with Crippen molar-refractivity contribution in [2.24, 2.45) is 0 Å². The van der Waals surface area contributed by atoms with Crippen molar-refractivity contribution in [3.63, 3.8) is 0 Å². The highest BCUT2D eigenvalue weighted by Crippen LogP contribution is 2.06. The number of nitrogens with zero attached hydrogens (tertiary/aromatic N) is 2. The minimum Gasteiger partial charge on any atom is -0.274 e. The van der Waals surface area contributed by atoms with E-state index in [-0.39, 0.29) is 5.91 Å².